The van der Waals surface area contributed by atoms with E-state index in [1.807, 2.05) is 30.9 Å². The molecule has 7 nitrogen and oxygen atoms in total. The number of aromatic amines is 1. The van der Waals surface area contributed by atoms with Gasteiger partial charge in [0, 0.05) is 46.5 Å². The molecule has 31 heavy (non-hydrogen) atoms. The first kappa shape index (κ1) is 19.4. The van der Waals surface area contributed by atoms with E-state index in [-0.39, 0.29) is 11.8 Å². The lowest BCUT2D eigenvalue weighted by Crippen LogP contribution is -2.35. The summed E-state index contributed by atoms with van der Waals surface area (Å²) in [5, 5.41) is 12.8. The van der Waals surface area contributed by atoms with Gasteiger partial charge in [-0.05, 0) is 61.0 Å². The predicted octanol–water partition coefficient (Wildman–Crippen LogP) is 4.09. The van der Waals surface area contributed by atoms with Crippen LogP contribution in [-0.2, 0) is 13.0 Å². The number of hydrogen-bond acceptors (Lipinski definition) is 5. The van der Waals surface area contributed by atoms with E-state index in [9.17, 15) is 9.59 Å². The number of hydrogen-bond donors (Lipinski definition) is 2. The van der Waals surface area contributed by atoms with Crippen LogP contribution in [0.2, 0.25) is 0 Å². The average Bonchev–Trinajstić information content (AvgIpc) is 3.40. The molecule has 0 bridgehead atoms. The molecule has 156 valence electrons. The van der Waals surface area contributed by atoms with Crippen molar-refractivity contribution in [3.63, 3.8) is 0 Å². The highest BCUT2D eigenvalue weighted by Crippen LogP contribution is 2.27. The summed E-state index contributed by atoms with van der Waals surface area (Å²) in [4.78, 5) is 33.6. The highest BCUT2D eigenvalue weighted by molar-refractivity contribution is 7.10. The zero-order valence-corrected chi connectivity index (χ0v) is 18.0. The van der Waals surface area contributed by atoms with Crippen molar-refractivity contribution < 1.29 is 9.59 Å². The van der Waals surface area contributed by atoms with Crippen molar-refractivity contribution in [2.75, 3.05) is 11.9 Å². The van der Waals surface area contributed by atoms with Gasteiger partial charge in [-0.15, -0.1) is 11.3 Å². The summed E-state index contributed by atoms with van der Waals surface area (Å²) in [7, 11) is 0. The molecule has 1 aliphatic heterocycles. The third-order valence-electron chi connectivity index (χ3n) is 5.77. The zero-order chi connectivity index (χ0) is 21.5. The smallest absolute Gasteiger partial charge is 0.257 e. The summed E-state index contributed by atoms with van der Waals surface area (Å²) >= 11 is 1.75. The van der Waals surface area contributed by atoms with Crippen LogP contribution in [0.1, 0.15) is 42.4 Å². The van der Waals surface area contributed by atoms with Crippen LogP contribution in [0.5, 0.6) is 0 Å². The van der Waals surface area contributed by atoms with Crippen LogP contribution in [0, 0.1) is 13.8 Å². The number of pyridine rings is 1. The maximum absolute atomic E-state index is 13.2. The van der Waals surface area contributed by atoms with Gasteiger partial charge in [0.15, 0.2) is 5.65 Å². The minimum absolute atomic E-state index is 0.0115. The van der Waals surface area contributed by atoms with E-state index in [1.165, 1.54) is 16.6 Å². The van der Waals surface area contributed by atoms with Crippen LogP contribution < -0.4 is 5.32 Å². The minimum Gasteiger partial charge on any atom is -0.334 e. The number of fused-ring (bicyclic) bond motifs is 2. The SMILES string of the molecule is Cc1c(NC(=O)c2cnc3n[nH]c(C)c3c2)cccc1C(=O)N1CCc2sccc2C1. The lowest BCUT2D eigenvalue weighted by molar-refractivity contribution is 0.0735. The monoisotopic (exact) mass is 431 g/mol. The van der Waals surface area contributed by atoms with Gasteiger partial charge in [0.05, 0.1) is 5.56 Å². The molecule has 0 unspecified atom stereocenters. The molecule has 0 aliphatic carbocycles. The van der Waals surface area contributed by atoms with Gasteiger partial charge in [-0.2, -0.15) is 5.10 Å². The van der Waals surface area contributed by atoms with Crippen LogP contribution in [-0.4, -0.2) is 38.4 Å². The molecule has 0 saturated heterocycles. The Labute approximate surface area is 183 Å². The van der Waals surface area contributed by atoms with Crippen LogP contribution >= 0.6 is 11.3 Å². The van der Waals surface area contributed by atoms with Crippen LogP contribution in [0.3, 0.4) is 0 Å². The molecule has 1 aromatic carbocycles. The number of carbonyl (C=O) groups excluding carboxylic acids is 2. The van der Waals surface area contributed by atoms with Crippen molar-refractivity contribution in [3.8, 4) is 0 Å². The lowest BCUT2D eigenvalue weighted by atomic mass is 10.0. The summed E-state index contributed by atoms with van der Waals surface area (Å²) in [5.41, 5.74) is 5.08. The number of anilines is 1. The fourth-order valence-electron chi connectivity index (χ4n) is 3.93. The zero-order valence-electron chi connectivity index (χ0n) is 17.2. The Balaban J connectivity index is 1.38. The Bertz CT molecular complexity index is 1320. The van der Waals surface area contributed by atoms with Crippen molar-refractivity contribution in [2.45, 2.75) is 26.8 Å². The van der Waals surface area contributed by atoms with E-state index in [0.29, 0.717) is 35.6 Å². The fraction of sp³-hybridized carbons (Fsp3) is 0.217. The average molecular weight is 432 g/mol. The molecule has 8 heteroatoms. The van der Waals surface area contributed by atoms with E-state index >= 15 is 0 Å². The number of rotatable bonds is 3. The van der Waals surface area contributed by atoms with Gasteiger partial charge in [-0.3, -0.25) is 14.7 Å². The predicted molar refractivity (Wildman–Crippen MR) is 121 cm³/mol. The van der Waals surface area contributed by atoms with Gasteiger partial charge < -0.3 is 10.2 Å². The number of carbonyl (C=O) groups is 2. The quantitative estimate of drug-likeness (QED) is 0.511. The number of nitrogens with one attached hydrogen (secondary N) is 2. The molecule has 3 aromatic heterocycles. The maximum Gasteiger partial charge on any atom is 0.257 e. The number of nitrogens with zero attached hydrogens (tertiary/aromatic N) is 3. The molecule has 4 aromatic rings. The minimum atomic E-state index is -0.274. The topological polar surface area (TPSA) is 91.0 Å². The molecule has 2 N–H and O–H groups in total. The molecule has 1 aliphatic rings. The Morgan fingerprint density at radius 3 is 2.97 bits per heavy atom. The van der Waals surface area contributed by atoms with Crippen molar-refractivity contribution in [2.24, 2.45) is 0 Å². The molecule has 0 radical (unpaired) electrons. The summed E-state index contributed by atoms with van der Waals surface area (Å²) in [6.45, 7) is 5.09. The number of benzene rings is 1. The Hall–Kier alpha value is -3.52. The largest absolute Gasteiger partial charge is 0.334 e. The molecule has 0 atom stereocenters. The molecule has 0 spiro atoms. The van der Waals surface area contributed by atoms with E-state index in [2.05, 4.69) is 31.9 Å². The summed E-state index contributed by atoms with van der Waals surface area (Å²) in [6.07, 6.45) is 2.39. The third-order valence-corrected chi connectivity index (χ3v) is 6.79. The molecular formula is C23H21N5O2S. The van der Waals surface area contributed by atoms with Crippen molar-refractivity contribution in [1.29, 1.82) is 0 Å². The van der Waals surface area contributed by atoms with Gasteiger partial charge >= 0.3 is 0 Å². The van der Waals surface area contributed by atoms with Crippen molar-refractivity contribution in [1.82, 2.24) is 20.1 Å². The van der Waals surface area contributed by atoms with Gasteiger partial charge in [-0.1, -0.05) is 6.07 Å². The normalized spacial score (nSPS) is 13.3. The van der Waals surface area contributed by atoms with Gasteiger partial charge in [-0.25, -0.2) is 4.98 Å². The second kappa shape index (κ2) is 7.63. The van der Waals surface area contributed by atoms with E-state index in [0.717, 1.165) is 23.1 Å². The summed E-state index contributed by atoms with van der Waals surface area (Å²) in [5.74, 6) is -0.286. The standard InChI is InChI=1S/C23H21N5O2S/c1-13-17(23(30)28-8-6-20-15(12-28)7-9-31-20)4-3-5-19(13)25-22(29)16-10-18-14(2)26-27-21(18)24-11-16/h3-5,7,9-11H,6,8,12H2,1-2H3,(H,25,29)(H,24,26,27). The highest BCUT2D eigenvalue weighted by Gasteiger charge is 2.24. The van der Waals surface area contributed by atoms with Crippen molar-refractivity contribution in [3.05, 3.63) is 74.7 Å². The number of amides is 2. The first-order valence-electron chi connectivity index (χ1n) is 10.1. The van der Waals surface area contributed by atoms with Gasteiger partial charge in [0.25, 0.3) is 11.8 Å². The summed E-state index contributed by atoms with van der Waals surface area (Å²) in [6, 6.07) is 9.30. The summed E-state index contributed by atoms with van der Waals surface area (Å²) < 4.78 is 0. The molecule has 2 amide bonds. The van der Waals surface area contributed by atoms with Crippen molar-refractivity contribution >= 4 is 39.9 Å². The second-order valence-electron chi connectivity index (χ2n) is 7.72. The Morgan fingerprint density at radius 1 is 1.23 bits per heavy atom. The fourth-order valence-corrected chi connectivity index (χ4v) is 4.82. The second-order valence-corrected chi connectivity index (χ2v) is 8.72. The Kier molecular flexibility index (Phi) is 4.78. The van der Waals surface area contributed by atoms with E-state index in [4.69, 9.17) is 0 Å². The molecule has 4 heterocycles. The first-order chi connectivity index (χ1) is 15.0. The van der Waals surface area contributed by atoms with Crippen LogP contribution in [0.15, 0.2) is 41.9 Å². The Morgan fingerprint density at radius 2 is 2.10 bits per heavy atom. The van der Waals surface area contributed by atoms with Gasteiger partial charge in [0.1, 0.15) is 0 Å². The first-order valence-corrected chi connectivity index (χ1v) is 11.0. The van der Waals surface area contributed by atoms with Crippen LogP contribution in [0.25, 0.3) is 11.0 Å². The van der Waals surface area contributed by atoms with E-state index in [1.54, 1.807) is 23.5 Å². The molecule has 5 rings (SSSR count). The highest BCUT2D eigenvalue weighted by atomic mass is 32.1. The maximum atomic E-state index is 13.2. The van der Waals surface area contributed by atoms with E-state index < -0.39 is 0 Å². The number of thiophene rings is 1. The molecule has 0 saturated carbocycles. The number of aromatic nitrogens is 3. The van der Waals surface area contributed by atoms with Gasteiger partial charge in [0.2, 0.25) is 0 Å². The molecule has 0 fully saturated rings. The number of H-pyrrole nitrogens is 1. The lowest BCUT2D eigenvalue weighted by Gasteiger charge is -2.28. The van der Waals surface area contributed by atoms with Crippen LogP contribution in [0.4, 0.5) is 5.69 Å². The number of aryl methyl sites for hydroxylation is 1. The molecular weight excluding hydrogens is 410 g/mol. The third kappa shape index (κ3) is 3.48.